The molecule has 10 heteroatoms. The Bertz CT molecular complexity index is 1400. The molecule has 0 fully saturated rings. The van der Waals surface area contributed by atoms with E-state index in [1.54, 1.807) is 0 Å². The Morgan fingerprint density at radius 3 is 2.25 bits per heavy atom. The molecule has 0 aliphatic rings. The number of nitrogens with zero attached hydrogens (tertiary/aromatic N) is 2. The highest BCUT2D eigenvalue weighted by Crippen LogP contribution is 2.28. The number of nitrogens with one attached hydrogen (secondary N) is 1. The van der Waals surface area contributed by atoms with Gasteiger partial charge >= 0.3 is 10.3 Å². The molecule has 190 valence electrons. The first-order valence-electron chi connectivity index (χ1n) is 11.5. The molecular formula is C26H26Cl3N3O3S. The lowest BCUT2D eigenvalue weighted by molar-refractivity contribution is 0.312. The molecule has 0 bridgehead atoms. The maximum atomic E-state index is 12.3. The summed E-state index contributed by atoms with van der Waals surface area (Å²) in [5.41, 5.74) is 6.18. The lowest BCUT2D eigenvalue weighted by Crippen LogP contribution is -2.32. The fourth-order valence-electron chi connectivity index (χ4n) is 3.98. The second-order valence-corrected chi connectivity index (χ2v) is 12.4. The molecule has 1 heterocycles. The van der Waals surface area contributed by atoms with Gasteiger partial charge in [-0.25, -0.2) is 4.98 Å². The highest BCUT2D eigenvalue weighted by Gasteiger charge is 2.26. The van der Waals surface area contributed by atoms with Crippen LogP contribution in [0.5, 0.6) is 0 Å². The van der Waals surface area contributed by atoms with Crippen molar-refractivity contribution in [2.24, 2.45) is 0 Å². The summed E-state index contributed by atoms with van der Waals surface area (Å²) in [6.07, 6.45) is 3.22. The number of rotatable bonds is 10. The Balaban J connectivity index is 1.44. The van der Waals surface area contributed by atoms with E-state index in [0.29, 0.717) is 6.42 Å². The molecule has 0 saturated carbocycles. The van der Waals surface area contributed by atoms with E-state index in [2.05, 4.69) is 44.6 Å². The molecule has 0 spiro atoms. The maximum absolute atomic E-state index is 12.3. The molecule has 1 unspecified atom stereocenters. The smallest absolute Gasteiger partial charge is 0.326 e. The third-order valence-electron chi connectivity index (χ3n) is 5.72. The standard InChI is InChI=1S/C26H26Cl3N3O3S/c1-2-5-23(31-36(33,34)35-17-26(27,28)29)22-14-12-21(13-15-22)20-10-8-19(9-11-20)16-32-18-30-24-6-3-4-7-25(24)32/h3-4,6-15,18,23,31H,2,5,16-17H2,1H3. The van der Waals surface area contributed by atoms with Crippen LogP contribution in [0.15, 0.2) is 79.1 Å². The molecular weight excluding hydrogens is 541 g/mol. The minimum absolute atomic E-state index is 0.461. The molecule has 0 saturated heterocycles. The predicted octanol–water partition coefficient (Wildman–Crippen LogP) is 6.81. The fraction of sp³-hybridized carbons (Fsp3) is 0.269. The van der Waals surface area contributed by atoms with E-state index in [1.165, 1.54) is 5.56 Å². The van der Waals surface area contributed by atoms with Crippen molar-refractivity contribution in [1.82, 2.24) is 14.3 Å². The van der Waals surface area contributed by atoms with Gasteiger partial charge in [-0.15, -0.1) is 0 Å². The summed E-state index contributed by atoms with van der Waals surface area (Å²) in [5.74, 6) is 0. The van der Waals surface area contributed by atoms with Gasteiger partial charge < -0.3 is 4.57 Å². The lowest BCUT2D eigenvalue weighted by atomic mass is 9.98. The van der Waals surface area contributed by atoms with Crippen molar-refractivity contribution in [2.45, 2.75) is 36.1 Å². The molecule has 4 rings (SSSR count). The summed E-state index contributed by atoms with van der Waals surface area (Å²) in [7, 11) is -4.10. The SMILES string of the molecule is CCCC(NS(=O)(=O)OCC(Cl)(Cl)Cl)c1ccc(-c2ccc(Cn3cnc4ccccc43)cc2)cc1. The molecule has 3 aromatic carbocycles. The zero-order chi connectivity index (χ0) is 25.8. The monoisotopic (exact) mass is 565 g/mol. The van der Waals surface area contributed by atoms with Crippen molar-refractivity contribution in [1.29, 1.82) is 0 Å². The Kier molecular flexibility index (Phi) is 8.60. The molecule has 1 atom stereocenters. The number of fused-ring (bicyclic) bond motifs is 1. The normalized spacial score (nSPS) is 13.2. The van der Waals surface area contributed by atoms with Crippen LogP contribution >= 0.6 is 34.8 Å². The first kappa shape index (κ1) is 26.9. The quantitative estimate of drug-likeness (QED) is 0.214. The van der Waals surface area contributed by atoms with Crippen LogP contribution in [0.3, 0.4) is 0 Å². The fourth-order valence-corrected chi connectivity index (χ4v) is 5.34. The number of aromatic nitrogens is 2. The lowest BCUT2D eigenvalue weighted by Gasteiger charge is -2.20. The van der Waals surface area contributed by atoms with Crippen LogP contribution in [0.4, 0.5) is 0 Å². The van der Waals surface area contributed by atoms with Gasteiger partial charge in [-0.3, -0.25) is 4.18 Å². The summed E-state index contributed by atoms with van der Waals surface area (Å²) in [4.78, 5) is 4.45. The number of halogens is 3. The third-order valence-corrected chi connectivity index (χ3v) is 7.05. The highest BCUT2D eigenvalue weighted by molar-refractivity contribution is 7.84. The van der Waals surface area contributed by atoms with E-state index in [4.69, 9.17) is 39.0 Å². The van der Waals surface area contributed by atoms with Gasteiger partial charge in [-0.2, -0.15) is 13.1 Å². The van der Waals surface area contributed by atoms with Gasteiger partial charge in [0.25, 0.3) is 0 Å². The summed E-state index contributed by atoms with van der Waals surface area (Å²) in [6.45, 7) is 2.14. The number of hydrogen-bond donors (Lipinski definition) is 1. The average Bonchev–Trinajstić information content (AvgIpc) is 3.26. The summed E-state index contributed by atoms with van der Waals surface area (Å²) in [6, 6.07) is 23.8. The van der Waals surface area contributed by atoms with Gasteiger partial charge in [0.1, 0.15) is 6.61 Å². The van der Waals surface area contributed by atoms with E-state index in [-0.39, 0.29) is 0 Å². The van der Waals surface area contributed by atoms with Crippen LogP contribution in [0.2, 0.25) is 0 Å². The molecule has 6 nitrogen and oxygen atoms in total. The number of para-hydroxylation sites is 2. The number of hydrogen-bond acceptors (Lipinski definition) is 4. The maximum Gasteiger partial charge on any atom is 0.336 e. The minimum atomic E-state index is -4.10. The van der Waals surface area contributed by atoms with Gasteiger partial charge in [-0.1, -0.05) is 109 Å². The molecule has 0 aliphatic carbocycles. The Morgan fingerprint density at radius 2 is 1.61 bits per heavy atom. The molecule has 0 amide bonds. The topological polar surface area (TPSA) is 73.2 Å². The Labute approximate surface area is 226 Å². The van der Waals surface area contributed by atoms with Crippen LogP contribution < -0.4 is 4.72 Å². The van der Waals surface area contributed by atoms with Crippen molar-refractivity contribution >= 4 is 56.1 Å². The number of imidazole rings is 1. The molecule has 0 radical (unpaired) electrons. The molecule has 36 heavy (non-hydrogen) atoms. The molecule has 1 aromatic heterocycles. The van der Waals surface area contributed by atoms with Gasteiger partial charge in [0, 0.05) is 12.6 Å². The van der Waals surface area contributed by atoms with Gasteiger partial charge in [0.15, 0.2) is 0 Å². The molecule has 1 N–H and O–H groups in total. The summed E-state index contributed by atoms with van der Waals surface area (Å²) >= 11 is 16.8. The first-order valence-corrected chi connectivity index (χ1v) is 14.0. The van der Waals surface area contributed by atoms with Crippen molar-refractivity contribution in [3.63, 3.8) is 0 Å². The van der Waals surface area contributed by atoms with E-state index < -0.39 is 26.7 Å². The van der Waals surface area contributed by atoms with Crippen molar-refractivity contribution in [3.05, 3.63) is 90.3 Å². The van der Waals surface area contributed by atoms with Crippen LogP contribution in [0, 0.1) is 0 Å². The van der Waals surface area contributed by atoms with E-state index in [1.807, 2.05) is 55.7 Å². The second-order valence-electron chi connectivity index (χ2n) is 8.47. The zero-order valence-electron chi connectivity index (χ0n) is 19.6. The minimum Gasteiger partial charge on any atom is -0.326 e. The van der Waals surface area contributed by atoms with Crippen molar-refractivity contribution < 1.29 is 12.6 Å². The zero-order valence-corrected chi connectivity index (χ0v) is 22.7. The number of alkyl halides is 3. The molecule has 0 aliphatic heterocycles. The van der Waals surface area contributed by atoms with E-state index in [0.717, 1.165) is 40.7 Å². The van der Waals surface area contributed by atoms with Gasteiger partial charge in [0.2, 0.25) is 3.79 Å². The Morgan fingerprint density at radius 1 is 0.972 bits per heavy atom. The van der Waals surface area contributed by atoms with E-state index in [9.17, 15) is 8.42 Å². The van der Waals surface area contributed by atoms with Crippen molar-refractivity contribution in [3.8, 4) is 11.1 Å². The predicted molar refractivity (Wildman–Crippen MR) is 147 cm³/mol. The summed E-state index contributed by atoms with van der Waals surface area (Å²) < 4.78 is 32.3. The first-order chi connectivity index (χ1) is 17.1. The van der Waals surface area contributed by atoms with Crippen LogP contribution in [-0.4, -0.2) is 28.4 Å². The van der Waals surface area contributed by atoms with Crippen LogP contribution in [0.25, 0.3) is 22.2 Å². The molecule has 4 aromatic rings. The second kappa shape index (κ2) is 11.5. The highest BCUT2D eigenvalue weighted by atomic mass is 35.6. The average molecular weight is 567 g/mol. The van der Waals surface area contributed by atoms with Gasteiger partial charge in [-0.05, 0) is 40.8 Å². The largest absolute Gasteiger partial charge is 0.336 e. The number of benzene rings is 3. The summed E-state index contributed by atoms with van der Waals surface area (Å²) in [5, 5.41) is 0. The van der Waals surface area contributed by atoms with Gasteiger partial charge in [0.05, 0.1) is 17.4 Å². The van der Waals surface area contributed by atoms with Crippen molar-refractivity contribution in [2.75, 3.05) is 6.61 Å². The van der Waals surface area contributed by atoms with Crippen LogP contribution in [0.1, 0.15) is 36.9 Å². The Hall–Kier alpha value is -2.13. The van der Waals surface area contributed by atoms with Crippen LogP contribution in [-0.2, 0) is 21.0 Å². The third kappa shape index (κ3) is 7.22. The van der Waals surface area contributed by atoms with E-state index >= 15 is 0 Å².